The van der Waals surface area contributed by atoms with Crippen LogP contribution in [0.15, 0.2) is 42.7 Å². The maximum Gasteiger partial charge on any atom is 0.237 e. The summed E-state index contributed by atoms with van der Waals surface area (Å²) in [4.78, 5) is 9.93. The highest BCUT2D eigenvalue weighted by molar-refractivity contribution is 5.80. The molecule has 3 aliphatic carbocycles. The topological polar surface area (TPSA) is 49.2 Å². The summed E-state index contributed by atoms with van der Waals surface area (Å²) in [5, 5.41) is 9.45. The number of hydrogen-bond donors (Lipinski definition) is 1. The van der Waals surface area contributed by atoms with Crippen molar-refractivity contribution >= 4 is 5.95 Å². The molecular formula is C17H17N3O. The standard InChI is InChI=1S/C11H13N3O.C6H4/c1-2-14(9-4-5-10(15)8-9)11-12-6-3-7-13-11;1-2-5-4-6(5)3-1/h1,3,6-7,9-10,15H,4-5,8H2;1-4H. The van der Waals surface area contributed by atoms with Crippen molar-refractivity contribution in [3.8, 4) is 23.6 Å². The summed E-state index contributed by atoms with van der Waals surface area (Å²) in [6.07, 6.45) is 10.9. The van der Waals surface area contributed by atoms with E-state index in [-0.39, 0.29) is 12.1 Å². The van der Waals surface area contributed by atoms with Gasteiger partial charge in [-0.15, -0.1) is 0 Å². The van der Waals surface area contributed by atoms with Gasteiger partial charge in [-0.3, -0.25) is 4.90 Å². The quantitative estimate of drug-likeness (QED) is 0.578. The second-order valence-corrected chi connectivity index (χ2v) is 5.25. The zero-order chi connectivity index (χ0) is 14.7. The Morgan fingerprint density at radius 1 is 1.14 bits per heavy atom. The maximum atomic E-state index is 9.45. The Labute approximate surface area is 124 Å². The molecule has 0 amide bonds. The third kappa shape index (κ3) is 3.21. The minimum atomic E-state index is -0.241. The number of rotatable bonds is 2. The molecule has 1 N–H and O–H groups in total. The zero-order valence-electron chi connectivity index (χ0n) is 11.7. The normalized spacial score (nSPS) is 21.0. The van der Waals surface area contributed by atoms with Gasteiger partial charge >= 0.3 is 0 Å². The van der Waals surface area contributed by atoms with Gasteiger partial charge in [0.2, 0.25) is 5.95 Å². The van der Waals surface area contributed by atoms with E-state index in [1.54, 1.807) is 23.4 Å². The molecule has 0 radical (unpaired) electrons. The Morgan fingerprint density at radius 2 is 1.86 bits per heavy atom. The Hall–Kier alpha value is -2.38. The van der Waals surface area contributed by atoms with Crippen molar-refractivity contribution in [2.75, 3.05) is 4.90 Å². The van der Waals surface area contributed by atoms with Crippen LogP contribution in [0.3, 0.4) is 0 Å². The molecule has 1 heterocycles. The number of anilines is 1. The lowest BCUT2D eigenvalue weighted by Crippen LogP contribution is -2.30. The van der Waals surface area contributed by atoms with E-state index < -0.39 is 0 Å². The highest BCUT2D eigenvalue weighted by Gasteiger charge is 2.28. The summed E-state index contributed by atoms with van der Waals surface area (Å²) in [5.41, 5.74) is 2.85. The van der Waals surface area contributed by atoms with E-state index in [2.05, 4.69) is 40.3 Å². The maximum absolute atomic E-state index is 9.45. The fraction of sp³-hybridized carbons (Fsp3) is 0.294. The van der Waals surface area contributed by atoms with Crippen molar-refractivity contribution in [3.63, 3.8) is 0 Å². The first kappa shape index (κ1) is 13.6. The number of benzene rings is 1. The van der Waals surface area contributed by atoms with Gasteiger partial charge in [0.15, 0.2) is 0 Å². The van der Waals surface area contributed by atoms with Gasteiger partial charge in [0.1, 0.15) is 0 Å². The number of fused-ring (bicyclic) bond motifs is 1. The van der Waals surface area contributed by atoms with Crippen LogP contribution in [0.5, 0.6) is 0 Å². The summed E-state index contributed by atoms with van der Waals surface area (Å²) in [6.45, 7) is 0. The van der Waals surface area contributed by atoms with E-state index in [1.807, 2.05) is 0 Å². The van der Waals surface area contributed by atoms with Gasteiger partial charge in [-0.05, 0) is 42.5 Å². The molecule has 106 valence electrons. The van der Waals surface area contributed by atoms with Crippen molar-refractivity contribution in [3.05, 3.63) is 42.7 Å². The van der Waals surface area contributed by atoms with Crippen LogP contribution >= 0.6 is 0 Å². The van der Waals surface area contributed by atoms with E-state index in [9.17, 15) is 5.11 Å². The van der Waals surface area contributed by atoms with E-state index in [1.165, 1.54) is 11.1 Å². The fourth-order valence-corrected chi connectivity index (χ4v) is 2.59. The van der Waals surface area contributed by atoms with Gasteiger partial charge in [-0.1, -0.05) is 24.6 Å². The average Bonchev–Trinajstić information content (AvgIpc) is 2.90. The summed E-state index contributed by atoms with van der Waals surface area (Å²) in [6, 6.07) is 13.0. The second kappa shape index (κ2) is 5.94. The van der Waals surface area contributed by atoms with Gasteiger partial charge in [0.25, 0.3) is 0 Å². The molecule has 0 aliphatic heterocycles. The van der Waals surface area contributed by atoms with Crippen LogP contribution in [0, 0.1) is 12.5 Å². The number of aromatic nitrogens is 2. The number of aliphatic hydroxyl groups excluding tert-OH is 1. The van der Waals surface area contributed by atoms with Gasteiger partial charge < -0.3 is 5.11 Å². The zero-order valence-corrected chi connectivity index (χ0v) is 11.7. The predicted octanol–water partition coefficient (Wildman–Crippen LogP) is 2.45. The molecule has 1 fully saturated rings. The molecule has 1 saturated carbocycles. The lowest BCUT2D eigenvalue weighted by atomic mass is 10.2. The van der Waals surface area contributed by atoms with Crippen LogP contribution in [0.2, 0.25) is 0 Å². The first-order valence-electron chi connectivity index (χ1n) is 7.09. The molecule has 4 heteroatoms. The molecule has 0 spiro atoms. The highest BCUT2D eigenvalue weighted by atomic mass is 16.3. The molecule has 3 aliphatic rings. The Morgan fingerprint density at radius 3 is 2.29 bits per heavy atom. The third-order valence-corrected chi connectivity index (χ3v) is 3.76. The first-order valence-corrected chi connectivity index (χ1v) is 7.09. The van der Waals surface area contributed by atoms with Crippen molar-refractivity contribution < 1.29 is 5.11 Å². The van der Waals surface area contributed by atoms with Gasteiger partial charge in [0.05, 0.1) is 6.10 Å². The van der Waals surface area contributed by atoms with Gasteiger partial charge in [-0.25, -0.2) is 9.97 Å². The van der Waals surface area contributed by atoms with Gasteiger partial charge in [-0.2, -0.15) is 0 Å². The number of hydrogen-bond acceptors (Lipinski definition) is 4. The SMILES string of the molecule is C#CN(c1ncccn1)C1CCC(O)C1.c1cc2cc-2c1. The highest BCUT2D eigenvalue weighted by Crippen LogP contribution is 2.32. The number of terminal acetylenes is 1. The minimum absolute atomic E-state index is 0.160. The van der Waals surface area contributed by atoms with Crippen molar-refractivity contribution in [2.24, 2.45) is 0 Å². The lowest BCUT2D eigenvalue weighted by molar-refractivity contribution is 0.181. The molecule has 2 unspecified atom stereocenters. The van der Waals surface area contributed by atoms with Crippen molar-refractivity contribution in [1.82, 2.24) is 9.97 Å². The van der Waals surface area contributed by atoms with Crippen molar-refractivity contribution in [2.45, 2.75) is 31.4 Å². The van der Waals surface area contributed by atoms with Crippen LogP contribution in [0.4, 0.5) is 5.95 Å². The molecule has 1 aromatic rings. The van der Waals surface area contributed by atoms with Crippen LogP contribution < -0.4 is 4.90 Å². The molecule has 1 aromatic heterocycles. The van der Waals surface area contributed by atoms with Crippen LogP contribution in [0.1, 0.15) is 19.3 Å². The Balaban J connectivity index is 0.000000180. The molecule has 4 nitrogen and oxygen atoms in total. The fourth-order valence-electron chi connectivity index (χ4n) is 2.59. The molecule has 21 heavy (non-hydrogen) atoms. The number of nitrogens with zero attached hydrogens (tertiary/aromatic N) is 3. The minimum Gasteiger partial charge on any atom is -0.393 e. The van der Waals surface area contributed by atoms with Crippen LogP contribution in [-0.2, 0) is 0 Å². The average molecular weight is 279 g/mol. The summed E-state index contributed by atoms with van der Waals surface area (Å²) < 4.78 is 0. The van der Waals surface area contributed by atoms with E-state index in [0.29, 0.717) is 12.4 Å². The molecule has 4 rings (SSSR count). The summed E-state index contributed by atoms with van der Waals surface area (Å²) in [7, 11) is 0. The van der Waals surface area contributed by atoms with E-state index in [0.717, 1.165) is 12.8 Å². The van der Waals surface area contributed by atoms with E-state index in [4.69, 9.17) is 6.42 Å². The molecular weight excluding hydrogens is 262 g/mol. The molecule has 2 atom stereocenters. The van der Waals surface area contributed by atoms with E-state index >= 15 is 0 Å². The van der Waals surface area contributed by atoms with Crippen LogP contribution in [0.25, 0.3) is 11.1 Å². The largest absolute Gasteiger partial charge is 0.393 e. The smallest absolute Gasteiger partial charge is 0.237 e. The summed E-state index contributed by atoms with van der Waals surface area (Å²) in [5.74, 6) is 0.541. The molecule has 0 saturated heterocycles. The van der Waals surface area contributed by atoms with Crippen LogP contribution in [-0.4, -0.2) is 27.2 Å². The first-order chi connectivity index (χ1) is 10.3. The monoisotopic (exact) mass is 279 g/mol. The predicted molar refractivity (Wildman–Crippen MR) is 82.4 cm³/mol. The summed E-state index contributed by atoms with van der Waals surface area (Å²) >= 11 is 0. The van der Waals surface area contributed by atoms with Gasteiger partial charge in [0, 0.05) is 24.5 Å². The molecule has 0 aromatic carbocycles. The van der Waals surface area contributed by atoms with Crippen molar-refractivity contribution in [1.29, 1.82) is 0 Å². The number of aliphatic hydroxyl groups is 1. The Bertz CT molecular complexity index is 633. The molecule has 0 bridgehead atoms. The Kier molecular flexibility index (Phi) is 3.85. The lowest BCUT2D eigenvalue weighted by Gasteiger charge is -2.21. The third-order valence-electron chi connectivity index (χ3n) is 3.76. The second-order valence-electron chi connectivity index (χ2n) is 5.25.